The van der Waals surface area contributed by atoms with Gasteiger partial charge in [0.25, 0.3) is 0 Å². The van der Waals surface area contributed by atoms with Crippen LogP contribution >= 0.6 is 11.6 Å². The molecule has 0 radical (unpaired) electrons. The first-order valence-electron chi connectivity index (χ1n) is 4.99. The summed E-state index contributed by atoms with van der Waals surface area (Å²) >= 11 is 5.70. The van der Waals surface area contributed by atoms with Crippen LogP contribution in [0.4, 0.5) is 0 Å². The molecule has 1 aromatic rings. The fourth-order valence-corrected chi connectivity index (χ4v) is 2.02. The van der Waals surface area contributed by atoms with Crippen molar-refractivity contribution in [3.05, 3.63) is 29.0 Å². The smallest absolute Gasteiger partial charge is 0.226 e. The zero-order chi connectivity index (χ0) is 10.9. The molecule has 0 aliphatic carbocycles. The minimum atomic E-state index is -0.282. The standard InChI is InChI=1S/C11H13ClN2O/c1-11(4-5-13-10(11)15)6-8-2-3-9(12)14-7-8/h2-3,7H,4-6H2,1H3,(H,13,15). The number of carbonyl (C=O) groups excluding carboxylic acids is 1. The minimum absolute atomic E-state index is 0.137. The van der Waals surface area contributed by atoms with Crippen molar-refractivity contribution in [1.29, 1.82) is 0 Å². The van der Waals surface area contributed by atoms with Crippen molar-refractivity contribution in [2.45, 2.75) is 19.8 Å². The van der Waals surface area contributed by atoms with Crippen molar-refractivity contribution in [3.8, 4) is 0 Å². The van der Waals surface area contributed by atoms with E-state index in [1.165, 1.54) is 0 Å². The number of nitrogens with one attached hydrogen (secondary N) is 1. The normalized spacial score (nSPS) is 25.3. The van der Waals surface area contributed by atoms with Gasteiger partial charge < -0.3 is 5.32 Å². The average Bonchev–Trinajstić information content (AvgIpc) is 2.51. The van der Waals surface area contributed by atoms with Crippen LogP contribution in [0.2, 0.25) is 5.15 Å². The zero-order valence-electron chi connectivity index (χ0n) is 8.59. The fraction of sp³-hybridized carbons (Fsp3) is 0.455. The van der Waals surface area contributed by atoms with Gasteiger partial charge >= 0.3 is 0 Å². The Morgan fingerprint density at radius 1 is 1.60 bits per heavy atom. The summed E-state index contributed by atoms with van der Waals surface area (Å²) in [6.45, 7) is 2.76. The van der Waals surface area contributed by atoms with Gasteiger partial charge in [0.05, 0.1) is 5.41 Å². The number of aromatic nitrogens is 1. The van der Waals surface area contributed by atoms with Gasteiger partial charge in [0, 0.05) is 12.7 Å². The van der Waals surface area contributed by atoms with Crippen LogP contribution in [0.15, 0.2) is 18.3 Å². The summed E-state index contributed by atoms with van der Waals surface area (Å²) in [7, 11) is 0. The molecule has 0 spiro atoms. The molecule has 1 fully saturated rings. The van der Waals surface area contributed by atoms with Crippen LogP contribution in [0.3, 0.4) is 0 Å². The Kier molecular flexibility index (Phi) is 2.65. The second-order valence-corrected chi connectivity index (χ2v) is 4.62. The molecule has 0 bridgehead atoms. The van der Waals surface area contributed by atoms with Crippen LogP contribution in [-0.2, 0) is 11.2 Å². The van der Waals surface area contributed by atoms with E-state index < -0.39 is 0 Å². The van der Waals surface area contributed by atoms with Gasteiger partial charge in [-0.05, 0) is 24.5 Å². The van der Waals surface area contributed by atoms with Crippen LogP contribution in [0, 0.1) is 5.41 Å². The largest absolute Gasteiger partial charge is 0.356 e. The van der Waals surface area contributed by atoms with Crippen molar-refractivity contribution in [3.63, 3.8) is 0 Å². The highest BCUT2D eigenvalue weighted by Crippen LogP contribution is 2.30. The second kappa shape index (κ2) is 3.81. The molecular weight excluding hydrogens is 212 g/mol. The van der Waals surface area contributed by atoms with Crippen LogP contribution < -0.4 is 5.32 Å². The highest BCUT2D eigenvalue weighted by atomic mass is 35.5. The van der Waals surface area contributed by atoms with Crippen molar-refractivity contribution < 1.29 is 4.79 Å². The molecule has 3 nitrogen and oxygen atoms in total. The number of rotatable bonds is 2. The van der Waals surface area contributed by atoms with Gasteiger partial charge in [0.15, 0.2) is 0 Å². The molecular formula is C11H13ClN2O. The zero-order valence-corrected chi connectivity index (χ0v) is 9.34. The number of halogens is 1. The van der Waals surface area contributed by atoms with Crippen LogP contribution in [0.25, 0.3) is 0 Å². The minimum Gasteiger partial charge on any atom is -0.356 e. The van der Waals surface area contributed by atoms with Gasteiger partial charge in [-0.3, -0.25) is 4.79 Å². The molecule has 1 aromatic heterocycles. The summed E-state index contributed by atoms with van der Waals surface area (Å²) in [6.07, 6.45) is 3.34. The first-order chi connectivity index (χ1) is 7.10. The van der Waals surface area contributed by atoms with Crippen molar-refractivity contribution in [1.82, 2.24) is 10.3 Å². The molecule has 2 heterocycles. The van der Waals surface area contributed by atoms with Gasteiger partial charge in [0.1, 0.15) is 5.15 Å². The first kappa shape index (κ1) is 10.4. The quantitative estimate of drug-likeness (QED) is 0.779. The maximum atomic E-state index is 11.6. The topological polar surface area (TPSA) is 42.0 Å². The maximum absolute atomic E-state index is 11.6. The Hall–Kier alpha value is -1.09. The molecule has 0 saturated carbocycles. The summed E-state index contributed by atoms with van der Waals surface area (Å²) in [5.41, 5.74) is 0.772. The van der Waals surface area contributed by atoms with E-state index in [0.29, 0.717) is 5.15 Å². The van der Waals surface area contributed by atoms with Crippen molar-refractivity contribution >= 4 is 17.5 Å². The Labute approximate surface area is 93.8 Å². The molecule has 80 valence electrons. The lowest BCUT2D eigenvalue weighted by Gasteiger charge is -2.19. The summed E-state index contributed by atoms with van der Waals surface area (Å²) in [6, 6.07) is 3.68. The third kappa shape index (κ3) is 2.12. The third-order valence-corrected chi connectivity index (χ3v) is 3.12. The number of hydrogen-bond donors (Lipinski definition) is 1. The van der Waals surface area contributed by atoms with E-state index in [-0.39, 0.29) is 11.3 Å². The highest BCUT2D eigenvalue weighted by molar-refractivity contribution is 6.29. The molecule has 1 aliphatic heterocycles. The monoisotopic (exact) mass is 224 g/mol. The number of hydrogen-bond acceptors (Lipinski definition) is 2. The van der Waals surface area contributed by atoms with Gasteiger partial charge in [-0.15, -0.1) is 0 Å². The molecule has 1 atom stereocenters. The van der Waals surface area contributed by atoms with Crippen LogP contribution in [-0.4, -0.2) is 17.4 Å². The molecule has 2 rings (SSSR count). The second-order valence-electron chi connectivity index (χ2n) is 4.23. The number of carbonyl (C=O) groups is 1. The van der Waals surface area contributed by atoms with Gasteiger partial charge in [-0.25, -0.2) is 4.98 Å². The predicted octanol–water partition coefficient (Wildman–Crippen LogP) is 1.80. The Morgan fingerprint density at radius 2 is 2.40 bits per heavy atom. The number of amides is 1. The molecule has 1 saturated heterocycles. The number of pyridine rings is 1. The Bertz CT molecular complexity index is 377. The van der Waals surface area contributed by atoms with E-state index in [1.54, 1.807) is 12.3 Å². The predicted molar refractivity (Wildman–Crippen MR) is 58.7 cm³/mol. The van der Waals surface area contributed by atoms with Crippen LogP contribution in [0.5, 0.6) is 0 Å². The van der Waals surface area contributed by atoms with Gasteiger partial charge in [-0.1, -0.05) is 24.6 Å². The van der Waals surface area contributed by atoms with Gasteiger partial charge in [-0.2, -0.15) is 0 Å². The lowest BCUT2D eigenvalue weighted by molar-refractivity contribution is -0.126. The molecule has 15 heavy (non-hydrogen) atoms. The molecule has 1 amide bonds. The maximum Gasteiger partial charge on any atom is 0.226 e. The van der Waals surface area contributed by atoms with Crippen LogP contribution in [0.1, 0.15) is 18.9 Å². The summed E-state index contributed by atoms with van der Waals surface area (Å²) in [5, 5.41) is 3.34. The lowest BCUT2D eigenvalue weighted by atomic mass is 9.83. The highest BCUT2D eigenvalue weighted by Gasteiger charge is 2.37. The average molecular weight is 225 g/mol. The molecule has 4 heteroatoms. The van der Waals surface area contributed by atoms with E-state index in [4.69, 9.17) is 11.6 Å². The molecule has 1 unspecified atom stereocenters. The molecule has 1 aliphatic rings. The van der Waals surface area contributed by atoms with E-state index >= 15 is 0 Å². The molecule has 1 N–H and O–H groups in total. The third-order valence-electron chi connectivity index (χ3n) is 2.89. The lowest BCUT2D eigenvalue weighted by Crippen LogP contribution is -2.30. The number of nitrogens with zero attached hydrogens (tertiary/aromatic N) is 1. The summed E-state index contributed by atoms with van der Waals surface area (Å²) in [4.78, 5) is 15.6. The SMILES string of the molecule is CC1(Cc2ccc(Cl)nc2)CCNC1=O. The van der Waals surface area contributed by atoms with E-state index in [2.05, 4.69) is 10.3 Å². The summed E-state index contributed by atoms with van der Waals surface area (Å²) < 4.78 is 0. The first-order valence-corrected chi connectivity index (χ1v) is 5.37. The Balaban J connectivity index is 2.14. The van der Waals surface area contributed by atoms with E-state index in [0.717, 1.165) is 24.9 Å². The molecule has 0 aromatic carbocycles. The fourth-order valence-electron chi connectivity index (χ4n) is 1.91. The Morgan fingerprint density at radius 3 is 2.93 bits per heavy atom. The van der Waals surface area contributed by atoms with Crippen molar-refractivity contribution in [2.24, 2.45) is 5.41 Å². The summed E-state index contributed by atoms with van der Waals surface area (Å²) in [5.74, 6) is 0.137. The van der Waals surface area contributed by atoms with Gasteiger partial charge in [0.2, 0.25) is 5.91 Å². The van der Waals surface area contributed by atoms with E-state index in [1.807, 2.05) is 13.0 Å². The van der Waals surface area contributed by atoms with E-state index in [9.17, 15) is 4.79 Å². The van der Waals surface area contributed by atoms with Crippen molar-refractivity contribution in [2.75, 3.05) is 6.54 Å².